The van der Waals surface area contributed by atoms with E-state index in [-0.39, 0.29) is 0 Å². The van der Waals surface area contributed by atoms with Crippen molar-refractivity contribution >= 4 is 23.2 Å². The van der Waals surface area contributed by atoms with Gasteiger partial charge >= 0.3 is 0 Å². The molecule has 2 aromatic rings. The Hall–Kier alpha value is -1.02. The summed E-state index contributed by atoms with van der Waals surface area (Å²) in [4.78, 5) is 0. The van der Waals surface area contributed by atoms with Crippen molar-refractivity contribution in [3.8, 4) is 11.1 Å². The van der Waals surface area contributed by atoms with Gasteiger partial charge in [0.05, 0.1) is 0 Å². The highest BCUT2D eigenvalue weighted by atomic mass is 35.5. The molecule has 3 heteroatoms. The molecule has 0 amide bonds. The van der Waals surface area contributed by atoms with Crippen molar-refractivity contribution in [2.24, 2.45) is 0 Å². The zero-order chi connectivity index (χ0) is 12.3. The molecule has 0 aromatic heterocycles. The summed E-state index contributed by atoms with van der Waals surface area (Å²) in [5, 5.41) is 4.64. The maximum absolute atomic E-state index is 6.22. The van der Waals surface area contributed by atoms with Crippen molar-refractivity contribution in [3.63, 3.8) is 0 Å². The van der Waals surface area contributed by atoms with Crippen molar-refractivity contribution in [2.75, 3.05) is 7.05 Å². The molecule has 88 valence electrons. The SMILES string of the molecule is CNCc1cc(Cl)ccc1-c1ccccc1Cl. The predicted molar refractivity (Wildman–Crippen MR) is 74.7 cm³/mol. The summed E-state index contributed by atoms with van der Waals surface area (Å²) in [5.41, 5.74) is 3.30. The molecule has 0 aliphatic heterocycles. The minimum Gasteiger partial charge on any atom is -0.316 e. The van der Waals surface area contributed by atoms with Crippen molar-refractivity contribution in [1.29, 1.82) is 0 Å². The predicted octanol–water partition coefficient (Wildman–Crippen LogP) is 4.38. The van der Waals surface area contributed by atoms with Gasteiger partial charge in [0.1, 0.15) is 0 Å². The van der Waals surface area contributed by atoms with Gasteiger partial charge in [-0.25, -0.2) is 0 Å². The lowest BCUT2D eigenvalue weighted by molar-refractivity contribution is 0.819. The average molecular weight is 266 g/mol. The first kappa shape index (κ1) is 12.4. The first-order valence-corrected chi connectivity index (χ1v) is 6.16. The standard InChI is InChI=1S/C14H13Cl2N/c1-17-9-10-8-11(15)6-7-12(10)13-4-2-3-5-14(13)16/h2-8,17H,9H2,1H3. The normalized spacial score (nSPS) is 10.5. The fraction of sp³-hybridized carbons (Fsp3) is 0.143. The van der Waals surface area contributed by atoms with Gasteiger partial charge in [-0.3, -0.25) is 0 Å². The van der Waals surface area contributed by atoms with Crippen LogP contribution in [0.15, 0.2) is 42.5 Å². The minimum absolute atomic E-state index is 0.742. The molecule has 0 saturated heterocycles. The zero-order valence-corrected chi connectivity index (χ0v) is 11.0. The summed E-state index contributed by atoms with van der Waals surface area (Å²) in [6.07, 6.45) is 0. The Morgan fingerprint density at radius 3 is 2.47 bits per heavy atom. The molecule has 0 fully saturated rings. The van der Waals surface area contributed by atoms with Gasteiger partial charge < -0.3 is 5.32 Å². The molecule has 0 radical (unpaired) electrons. The molecule has 0 heterocycles. The highest BCUT2D eigenvalue weighted by Gasteiger charge is 2.08. The number of nitrogens with one attached hydrogen (secondary N) is 1. The first-order valence-electron chi connectivity index (χ1n) is 5.40. The smallest absolute Gasteiger partial charge is 0.0484 e. The lowest BCUT2D eigenvalue weighted by atomic mass is 9.99. The summed E-state index contributed by atoms with van der Waals surface area (Å²) in [6.45, 7) is 0.765. The van der Waals surface area contributed by atoms with Crippen LogP contribution in [0.5, 0.6) is 0 Å². The Labute approximate surface area is 111 Å². The third kappa shape index (κ3) is 2.81. The minimum atomic E-state index is 0.742. The van der Waals surface area contributed by atoms with Gasteiger partial charge in [-0.15, -0.1) is 0 Å². The topological polar surface area (TPSA) is 12.0 Å². The van der Waals surface area contributed by atoms with E-state index in [1.165, 1.54) is 0 Å². The summed E-state index contributed by atoms with van der Waals surface area (Å²) >= 11 is 12.2. The van der Waals surface area contributed by atoms with Crippen LogP contribution in [0.3, 0.4) is 0 Å². The van der Waals surface area contributed by atoms with Gasteiger partial charge in [0.15, 0.2) is 0 Å². The monoisotopic (exact) mass is 265 g/mol. The van der Waals surface area contributed by atoms with E-state index in [4.69, 9.17) is 23.2 Å². The number of hydrogen-bond donors (Lipinski definition) is 1. The van der Waals surface area contributed by atoms with E-state index in [9.17, 15) is 0 Å². The lowest BCUT2D eigenvalue weighted by Crippen LogP contribution is -2.06. The second-order valence-corrected chi connectivity index (χ2v) is 4.66. The van der Waals surface area contributed by atoms with Crippen LogP contribution in [0, 0.1) is 0 Å². The van der Waals surface area contributed by atoms with Crippen molar-refractivity contribution < 1.29 is 0 Å². The van der Waals surface area contributed by atoms with Gasteiger partial charge in [0.25, 0.3) is 0 Å². The van der Waals surface area contributed by atoms with E-state index in [1.54, 1.807) is 0 Å². The highest BCUT2D eigenvalue weighted by molar-refractivity contribution is 6.33. The number of hydrogen-bond acceptors (Lipinski definition) is 1. The van der Waals surface area contributed by atoms with Crippen LogP contribution in [0.25, 0.3) is 11.1 Å². The summed E-state index contributed by atoms with van der Waals surface area (Å²) < 4.78 is 0. The first-order chi connectivity index (χ1) is 8.22. The maximum Gasteiger partial charge on any atom is 0.0484 e. The summed E-state index contributed by atoms with van der Waals surface area (Å²) in [6, 6.07) is 13.7. The summed E-state index contributed by atoms with van der Waals surface area (Å²) in [5.74, 6) is 0. The molecular weight excluding hydrogens is 253 g/mol. The Kier molecular flexibility index (Phi) is 4.06. The van der Waals surface area contributed by atoms with Gasteiger partial charge in [-0.05, 0) is 36.4 Å². The second kappa shape index (κ2) is 5.54. The van der Waals surface area contributed by atoms with Crippen LogP contribution in [-0.2, 0) is 6.54 Å². The van der Waals surface area contributed by atoms with Crippen LogP contribution >= 0.6 is 23.2 Å². The third-order valence-electron chi connectivity index (χ3n) is 2.60. The van der Waals surface area contributed by atoms with Crippen LogP contribution in [-0.4, -0.2) is 7.05 Å². The van der Waals surface area contributed by atoms with Crippen molar-refractivity contribution in [3.05, 3.63) is 58.1 Å². The van der Waals surface area contributed by atoms with Gasteiger partial charge in [-0.2, -0.15) is 0 Å². The lowest BCUT2D eigenvalue weighted by Gasteiger charge is -2.11. The van der Waals surface area contributed by atoms with Crippen molar-refractivity contribution in [2.45, 2.75) is 6.54 Å². The van der Waals surface area contributed by atoms with Crippen LogP contribution in [0.4, 0.5) is 0 Å². The van der Waals surface area contributed by atoms with Crippen LogP contribution in [0.1, 0.15) is 5.56 Å². The van der Waals surface area contributed by atoms with E-state index >= 15 is 0 Å². The van der Waals surface area contributed by atoms with Crippen LogP contribution in [0.2, 0.25) is 10.0 Å². The van der Waals surface area contributed by atoms with E-state index in [2.05, 4.69) is 5.32 Å². The molecule has 2 aromatic carbocycles. The molecule has 0 bridgehead atoms. The highest BCUT2D eigenvalue weighted by Crippen LogP contribution is 2.31. The number of rotatable bonds is 3. The summed E-state index contributed by atoms with van der Waals surface area (Å²) in [7, 11) is 1.91. The molecule has 0 unspecified atom stereocenters. The average Bonchev–Trinajstić information content (AvgIpc) is 2.31. The quantitative estimate of drug-likeness (QED) is 0.869. The molecule has 2 rings (SSSR count). The van der Waals surface area contributed by atoms with E-state index in [0.29, 0.717) is 0 Å². The molecule has 1 N–H and O–H groups in total. The molecule has 0 saturated carbocycles. The van der Waals surface area contributed by atoms with Gasteiger partial charge in [0, 0.05) is 22.2 Å². The molecule has 0 aliphatic rings. The molecule has 0 spiro atoms. The second-order valence-electron chi connectivity index (χ2n) is 3.81. The molecule has 1 nitrogen and oxygen atoms in total. The molecule has 0 atom stereocenters. The van der Waals surface area contributed by atoms with Gasteiger partial charge in [-0.1, -0.05) is 47.5 Å². The number of halogens is 2. The van der Waals surface area contributed by atoms with Crippen LogP contribution < -0.4 is 5.32 Å². The number of benzene rings is 2. The van der Waals surface area contributed by atoms with E-state index in [1.807, 2.05) is 49.5 Å². The van der Waals surface area contributed by atoms with Gasteiger partial charge in [0.2, 0.25) is 0 Å². The fourth-order valence-electron chi connectivity index (χ4n) is 1.84. The molecular formula is C14H13Cl2N. The van der Waals surface area contributed by atoms with E-state index < -0.39 is 0 Å². The maximum atomic E-state index is 6.22. The molecule has 0 aliphatic carbocycles. The van der Waals surface area contributed by atoms with E-state index in [0.717, 1.165) is 33.3 Å². The Balaban J connectivity index is 2.55. The Morgan fingerprint density at radius 1 is 1.00 bits per heavy atom. The third-order valence-corrected chi connectivity index (χ3v) is 3.16. The Bertz CT molecular complexity index is 523. The largest absolute Gasteiger partial charge is 0.316 e. The fourth-order valence-corrected chi connectivity index (χ4v) is 2.27. The van der Waals surface area contributed by atoms with Crippen molar-refractivity contribution in [1.82, 2.24) is 5.32 Å². The molecule has 17 heavy (non-hydrogen) atoms. The zero-order valence-electron chi connectivity index (χ0n) is 9.50. The Morgan fingerprint density at radius 2 is 1.76 bits per heavy atom.